The van der Waals surface area contributed by atoms with Crippen LogP contribution in [0.5, 0.6) is 11.5 Å². The van der Waals surface area contributed by atoms with Crippen LogP contribution in [-0.4, -0.2) is 19.1 Å². The highest BCUT2D eigenvalue weighted by Gasteiger charge is 2.22. The molecule has 1 aliphatic heterocycles. The molecule has 0 aliphatic carbocycles. The number of carbonyl (C=O) groups excluding carboxylic acids is 1. The van der Waals surface area contributed by atoms with Crippen molar-refractivity contribution in [2.45, 2.75) is 19.9 Å². The molecule has 0 fully saturated rings. The van der Waals surface area contributed by atoms with Gasteiger partial charge in [0.05, 0.1) is 17.7 Å². The van der Waals surface area contributed by atoms with Gasteiger partial charge in [0.1, 0.15) is 13.2 Å². The van der Waals surface area contributed by atoms with Crippen LogP contribution in [0.4, 0.5) is 0 Å². The van der Waals surface area contributed by atoms with Gasteiger partial charge in [0.2, 0.25) is 0 Å². The summed E-state index contributed by atoms with van der Waals surface area (Å²) < 4.78 is 11.2. The molecule has 1 amide bonds. The fourth-order valence-electron chi connectivity index (χ4n) is 2.81. The number of benzene rings is 2. The smallest absolute Gasteiger partial charge is 0.251 e. The van der Waals surface area contributed by atoms with Gasteiger partial charge >= 0.3 is 0 Å². The largest absolute Gasteiger partial charge is 0.486 e. The number of fused-ring (bicyclic) bond motifs is 1. The van der Waals surface area contributed by atoms with Crippen molar-refractivity contribution in [1.82, 2.24) is 5.32 Å². The Morgan fingerprint density at radius 1 is 1.08 bits per heavy atom. The number of amides is 1. The monoisotopic (exact) mass is 336 g/mol. The van der Waals surface area contributed by atoms with E-state index >= 15 is 0 Å². The molecule has 25 heavy (non-hydrogen) atoms. The summed E-state index contributed by atoms with van der Waals surface area (Å²) in [6.07, 6.45) is 0. The maximum atomic E-state index is 12.6. The van der Waals surface area contributed by atoms with Gasteiger partial charge in [0, 0.05) is 5.56 Å². The van der Waals surface area contributed by atoms with E-state index in [2.05, 4.69) is 19.2 Å². The highest BCUT2D eigenvalue weighted by molar-refractivity contribution is 5.94. The van der Waals surface area contributed by atoms with E-state index in [9.17, 15) is 4.79 Å². The van der Waals surface area contributed by atoms with Crippen molar-refractivity contribution in [2.24, 2.45) is 5.92 Å². The summed E-state index contributed by atoms with van der Waals surface area (Å²) in [5.41, 5.74) is 2.03. The Morgan fingerprint density at radius 2 is 1.76 bits per heavy atom. The molecule has 0 unspecified atom stereocenters. The zero-order chi connectivity index (χ0) is 17.8. The van der Waals surface area contributed by atoms with Gasteiger partial charge in [0.15, 0.2) is 11.5 Å². The molecular weight excluding hydrogens is 316 g/mol. The van der Waals surface area contributed by atoms with Crippen molar-refractivity contribution in [3.05, 3.63) is 59.2 Å². The molecule has 1 aliphatic rings. The number of nitrogens with one attached hydrogen (secondary N) is 1. The van der Waals surface area contributed by atoms with Crippen molar-refractivity contribution in [1.29, 1.82) is 5.26 Å². The van der Waals surface area contributed by atoms with Gasteiger partial charge in [-0.15, -0.1) is 0 Å². The van der Waals surface area contributed by atoms with Gasteiger partial charge in [-0.1, -0.05) is 19.9 Å². The van der Waals surface area contributed by atoms with E-state index in [1.54, 1.807) is 24.3 Å². The summed E-state index contributed by atoms with van der Waals surface area (Å²) in [6.45, 7) is 5.19. The summed E-state index contributed by atoms with van der Waals surface area (Å²) in [5, 5.41) is 11.9. The van der Waals surface area contributed by atoms with Gasteiger partial charge in [-0.05, 0) is 47.9 Å². The topological polar surface area (TPSA) is 71.4 Å². The fourth-order valence-corrected chi connectivity index (χ4v) is 2.81. The number of rotatable bonds is 4. The van der Waals surface area contributed by atoms with Crippen LogP contribution in [0.3, 0.4) is 0 Å². The summed E-state index contributed by atoms with van der Waals surface area (Å²) in [6, 6.07) is 14.3. The molecule has 5 heteroatoms. The van der Waals surface area contributed by atoms with E-state index < -0.39 is 0 Å². The molecule has 1 N–H and O–H groups in total. The third-order valence-electron chi connectivity index (χ3n) is 4.15. The highest BCUT2D eigenvalue weighted by atomic mass is 16.6. The second-order valence-corrected chi connectivity index (χ2v) is 6.29. The lowest BCUT2D eigenvalue weighted by Gasteiger charge is -2.25. The Morgan fingerprint density at radius 3 is 2.40 bits per heavy atom. The number of hydrogen-bond donors (Lipinski definition) is 1. The normalized spacial score (nSPS) is 13.8. The average molecular weight is 336 g/mol. The van der Waals surface area contributed by atoms with E-state index in [0.717, 1.165) is 11.3 Å². The summed E-state index contributed by atoms with van der Waals surface area (Å²) in [7, 11) is 0. The van der Waals surface area contributed by atoms with Crippen LogP contribution in [0, 0.1) is 17.2 Å². The molecule has 5 nitrogen and oxygen atoms in total. The van der Waals surface area contributed by atoms with Crippen molar-refractivity contribution < 1.29 is 14.3 Å². The Labute approximate surface area is 147 Å². The predicted octanol–water partition coefficient (Wildman–Crippen LogP) is 3.46. The van der Waals surface area contributed by atoms with Crippen molar-refractivity contribution in [3.8, 4) is 17.6 Å². The molecule has 3 rings (SSSR count). The van der Waals surface area contributed by atoms with E-state index in [0.29, 0.717) is 30.1 Å². The highest BCUT2D eigenvalue weighted by Crippen LogP contribution is 2.34. The van der Waals surface area contributed by atoms with Crippen LogP contribution in [0.25, 0.3) is 0 Å². The second-order valence-electron chi connectivity index (χ2n) is 6.29. The summed E-state index contributed by atoms with van der Waals surface area (Å²) in [5.74, 6) is 1.47. The number of nitrogens with zero attached hydrogens (tertiary/aromatic N) is 1. The maximum absolute atomic E-state index is 12.6. The van der Waals surface area contributed by atoms with Gasteiger partial charge in [-0.25, -0.2) is 0 Å². The Kier molecular flexibility index (Phi) is 4.90. The molecule has 0 bridgehead atoms. The predicted molar refractivity (Wildman–Crippen MR) is 93.6 cm³/mol. The van der Waals surface area contributed by atoms with E-state index in [1.165, 1.54) is 0 Å². The third-order valence-corrected chi connectivity index (χ3v) is 4.15. The Hall–Kier alpha value is -3.00. The Balaban J connectivity index is 1.81. The van der Waals surface area contributed by atoms with Crippen LogP contribution >= 0.6 is 0 Å². The first kappa shape index (κ1) is 16.8. The Bertz CT molecular complexity index is 807. The molecule has 1 atom stereocenters. The molecule has 1 heterocycles. The molecule has 0 radical (unpaired) electrons. The van der Waals surface area contributed by atoms with Crippen LogP contribution < -0.4 is 14.8 Å². The lowest BCUT2D eigenvalue weighted by atomic mass is 9.95. The minimum Gasteiger partial charge on any atom is -0.486 e. The lowest BCUT2D eigenvalue weighted by molar-refractivity contribution is 0.0925. The number of carbonyl (C=O) groups is 1. The molecule has 0 aromatic heterocycles. The van der Waals surface area contributed by atoms with Crippen LogP contribution in [-0.2, 0) is 0 Å². The molecule has 0 spiro atoms. The first-order valence-corrected chi connectivity index (χ1v) is 8.29. The summed E-state index contributed by atoms with van der Waals surface area (Å²) >= 11 is 0. The zero-order valence-corrected chi connectivity index (χ0v) is 14.3. The zero-order valence-electron chi connectivity index (χ0n) is 14.3. The van der Waals surface area contributed by atoms with Gasteiger partial charge < -0.3 is 14.8 Å². The van der Waals surface area contributed by atoms with Crippen molar-refractivity contribution in [2.75, 3.05) is 13.2 Å². The van der Waals surface area contributed by atoms with E-state index in [1.807, 2.05) is 24.3 Å². The lowest BCUT2D eigenvalue weighted by Crippen LogP contribution is -2.31. The fraction of sp³-hybridized carbons (Fsp3) is 0.300. The molecule has 2 aromatic carbocycles. The van der Waals surface area contributed by atoms with E-state index in [-0.39, 0.29) is 17.9 Å². The molecule has 0 saturated carbocycles. The molecule has 128 valence electrons. The standard InChI is InChI=1S/C20H20N2O3/c1-13(2)19(16-7-8-17-18(11-16)25-10-9-24-17)22-20(23)15-5-3-14(12-21)4-6-15/h3-8,11,13,19H,9-10H2,1-2H3,(H,22,23)/t19-/m1/s1. The quantitative estimate of drug-likeness (QED) is 0.928. The average Bonchev–Trinajstić information content (AvgIpc) is 2.65. The van der Waals surface area contributed by atoms with Crippen molar-refractivity contribution >= 4 is 5.91 Å². The first-order valence-electron chi connectivity index (χ1n) is 8.29. The minimum atomic E-state index is -0.168. The van der Waals surface area contributed by atoms with Crippen LogP contribution in [0.2, 0.25) is 0 Å². The third kappa shape index (κ3) is 3.74. The molecule has 0 saturated heterocycles. The van der Waals surface area contributed by atoms with Crippen LogP contribution in [0.1, 0.15) is 41.4 Å². The van der Waals surface area contributed by atoms with Gasteiger partial charge in [0.25, 0.3) is 5.91 Å². The SMILES string of the molecule is CC(C)[C@@H](NC(=O)c1ccc(C#N)cc1)c1ccc2c(c1)OCCO2. The van der Waals surface area contributed by atoms with Gasteiger partial charge in [-0.2, -0.15) is 5.26 Å². The summed E-state index contributed by atoms with van der Waals surface area (Å²) in [4.78, 5) is 12.6. The minimum absolute atomic E-state index is 0.154. The van der Waals surface area contributed by atoms with Crippen molar-refractivity contribution in [3.63, 3.8) is 0 Å². The van der Waals surface area contributed by atoms with Crippen LogP contribution in [0.15, 0.2) is 42.5 Å². The number of ether oxygens (including phenoxy) is 2. The van der Waals surface area contributed by atoms with E-state index in [4.69, 9.17) is 14.7 Å². The molecular formula is C20H20N2O3. The number of nitriles is 1. The molecule has 2 aromatic rings. The second kappa shape index (κ2) is 7.27. The first-order chi connectivity index (χ1) is 12.1. The number of hydrogen-bond acceptors (Lipinski definition) is 4. The maximum Gasteiger partial charge on any atom is 0.251 e. The van der Waals surface area contributed by atoms with Gasteiger partial charge in [-0.3, -0.25) is 4.79 Å².